The lowest BCUT2D eigenvalue weighted by Gasteiger charge is -2.05. The van der Waals surface area contributed by atoms with E-state index in [0.29, 0.717) is 6.54 Å². The first kappa shape index (κ1) is 22.9. The monoisotopic (exact) mass is 341 g/mol. The summed E-state index contributed by atoms with van der Waals surface area (Å²) in [5.41, 5.74) is 0. The quantitative estimate of drug-likeness (QED) is 0.240. The van der Waals surface area contributed by atoms with Crippen molar-refractivity contribution in [3.8, 4) is 0 Å². The van der Waals surface area contributed by atoms with Crippen LogP contribution in [0.1, 0.15) is 104 Å². The zero-order valence-corrected chi connectivity index (χ0v) is 16.0. The Morgan fingerprint density at radius 1 is 0.667 bits per heavy atom. The molecule has 0 unspecified atom stereocenters. The summed E-state index contributed by atoms with van der Waals surface area (Å²) in [6.07, 6.45) is 18.4. The van der Waals surface area contributed by atoms with Crippen LogP contribution in [0, 0.1) is 0 Å². The zero-order valence-electron chi connectivity index (χ0n) is 16.0. The van der Waals surface area contributed by atoms with Crippen LogP contribution in [0.3, 0.4) is 0 Å². The van der Waals surface area contributed by atoms with Gasteiger partial charge < -0.3 is 10.1 Å². The van der Waals surface area contributed by atoms with Crippen LogP contribution in [0.4, 0.5) is 0 Å². The third-order valence-corrected chi connectivity index (χ3v) is 4.28. The predicted octanol–water partition coefficient (Wildman–Crippen LogP) is 5.15. The molecule has 1 amide bonds. The molecule has 0 aromatic heterocycles. The molecule has 0 saturated heterocycles. The largest absolute Gasteiger partial charge is 0.459 e. The van der Waals surface area contributed by atoms with Crippen LogP contribution in [0.15, 0.2) is 0 Å². The van der Waals surface area contributed by atoms with Gasteiger partial charge in [-0.3, -0.25) is 4.79 Å². The summed E-state index contributed by atoms with van der Waals surface area (Å²) in [7, 11) is 0. The lowest BCUT2D eigenvalue weighted by molar-refractivity contribution is -0.154. The van der Waals surface area contributed by atoms with Gasteiger partial charge in [0.15, 0.2) is 0 Å². The topological polar surface area (TPSA) is 55.4 Å². The van der Waals surface area contributed by atoms with Crippen molar-refractivity contribution >= 4 is 11.9 Å². The summed E-state index contributed by atoms with van der Waals surface area (Å²) in [6.45, 7) is 4.76. The molecule has 0 fully saturated rings. The molecule has 4 nitrogen and oxygen atoms in total. The molecule has 0 spiro atoms. The van der Waals surface area contributed by atoms with Gasteiger partial charge in [0.2, 0.25) is 0 Å². The van der Waals surface area contributed by atoms with E-state index in [1.54, 1.807) is 6.92 Å². The minimum absolute atomic E-state index is 0.241. The minimum Gasteiger partial charge on any atom is -0.459 e. The first-order chi connectivity index (χ1) is 11.7. The fraction of sp³-hybridized carbons (Fsp3) is 0.900. The average Bonchev–Trinajstić information content (AvgIpc) is 2.58. The SMILES string of the molecule is CCCCCCCCCCCCCCCCNC(=O)C(=O)OCC. The molecule has 0 atom stereocenters. The molecule has 142 valence electrons. The number of rotatable bonds is 16. The molecule has 0 heterocycles. The predicted molar refractivity (Wildman–Crippen MR) is 100.0 cm³/mol. The highest BCUT2D eigenvalue weighted by atomic mass is 16.5. The molecule has 0 bridgehead atoms. The molecule has 0 rings (SSSR count). The van der Waals surface area contributed by atoms with Crippen LogP contribution in [0.5, 0.6) is 0 Å². The third-order valence-electron chi connectivity index (χ3n) is 4.28. The van der Waals surface area contributed by atoms with Crippen molar-refractivity contribution in [2.24, 2.45) is 0 Å². The van der Waals surface area contributed by atoms with Crippen LogP contribution in [-0.4, -0.2) is 25.0 Å². The standard InChI is InChI=1S/C20H39NO3/c1-3-5-6-7-8-9-10-11-12-13-14-15-16-17-18-21-19(22)20(23)24-4-2/h3-18H2,1-2H3,(H,21,22). The van der Waals surface area contributed by atoms with Gasteiger partial charge in [0.05, 0.1) is 6.61 Å². The maximum absolute atomic E-state index is 11.3. The van der Waals surface area contributed by atoms with Crippen LogP contribution in [0.2, 0.25) is 0 Å². The number of amides is 1. The van der Waals surface area contributed by atoms with E-state index in [0.717, 1.165) is 12.8 Å². The van der Waals surface area contributed by atoms with Gasteiger partial charge in [-0.2, -0.15) is 0 Å². The zero-order chi connectivity index (χ0) is 17.9. The summed E-state index contributed by atoms with van der Waals surface area (Å²) in [5, 5.41) is 2.60. The molecular weight excluding hydrogens is 302 g/mol. The van der Waals surface area contributed by atoms with Gasteiger partial charge >= 0.3 is 11.9 Å². The van der Waals surface area contributed by atoms with Crippen molar-refractivity contribution in [2.75, 3.05) is 13.2 Å². The van der Waals surface area contributed by atoms with Crippen LogP contribution in [-0.2, 0) is 14.3 Å². The highest BCUT2D eigenvalue weighted by Gasteiger charge is 2.12. The second-order valence-corrected chi connectivity index (χ2v) is 6.57. The van der Waals surface area contributed by atoms with E-state index in [4.69, 9.17) is 0 Å². The van der Waals surface area contributed by atoms with E-state index in [9.17, 15) is 9.59 Å². The lowest BCUT2D eigenvalue weighted by Crippen LogP contribution is -2.33. The van der Waals surface area contributed by atoms with Gasteiger partial charge in [-0.1, -0.05) is 90.4 Å². The molecule has 4 heteroatoms. The molecule has 0 aliphatic rings. The number of ether oxygens (including phenoxy) is 1. The fourth-order valence-corrected chi connectivity index (χ4v) is 2.79. The van der Waals surface area contributed by atoms with E-state index in [2.05, 4.69) is 17.0 Å². The maximum Gasteiger partial charge on any atom is 0.396 e. The molecule has 0 aromatic rings. The molecule has 0 aliphatic heterocycles. The highest BCUT2D eigenvalue weighted by Crippen LogP contribution is 2.12. The van der Waals surface area contributed by atoms with Crippen LogP contribution >= 0.6 is 0 Å². The summed E-state index contributed by atoms with van der Waals surface area (Å²) in [5.74, 6) is -1.39. The molecule has 0 saturated carbocycles. The third kappa shape index (κ3) is 15.8. The Balaban J connectivity index is 3.15. The molecular formula is C20H39NO3. The van der Waals surface area contributed by atoms with Gasteiger partial charge in [0.1, 0.15) is 0 Å². The Morgan fingerprint density at radius 3 is 1.50 bits per heavy atom. The van der Waals surface area contributed by atoms with E-state index in [1.165, 1.54) is 77.0 Å². The fourth-order valence-electron chi connectivity index (χ4n) is 2.79. The number of nitrogens with one attached hydrogen (secondary N) is 1. The number of esters is 1. The second-order valence-electron chi connectivity index (χ2n) is 6.57. The van der Waals surface area contributed by atoms with Crippen molar-refractivity contribution in [3.63, 3.8) is 0 Å². The molecule has 0 aromatic carbocycles. The average molecular weight is 342 g/mol. The number of unbranched alkanes of at least 4 members (excludes halogenated alkanes) is 13. The van der Waals surface area contributed by atoms with Gasteiger partial charge in [-0.05, 0) is 13.3 Å². The second kappa shape index (κ2) is 18.3. The van der Waals surface area contributed by atoms with Crippen molar-refractivity contribution < 1.29 is 14.3 Å². The van der Waals surface area contributed by atoms with E-state index < -0.39 is 11.9 Å². The lowest BCUT2D eigenvalue weighted by atomic mass is 10.0. The maximum atomic E-state index is 11.3. The Morgan fingerprint density at radius 2 is 1.08 bits per heavy atom. The number of carbonyl (C=O) groups excluding carboxylic acids is 2. The summed E-state index contributed by atoms with van der Waals surface area (Å²) in [6, 6.07) is 0. The molecule has 0 aliphatic carbocycles. The minimum atomic E-state index is -0.775. The Bertz CT molecular complexity index is 305. The van der Waals surface area contributed by atoms with Crippen molar-refractivity contribution in [3.05, 3.63) is 0 Å². The van der Waals surface area contributed by atoms with Gasteiger partial charge in [-0.15, -0.1) is 0 Å². The van der Waals surface area contributed by atoms with Crippen molar-refractivity contribution in [1.82, 2.24) is 5.32 Å². The Kier molecular flexibility index (Phi) is 17.5. The first-order valence-electron chi connectivity index (χ1n) is 10.2. The van der Waals surface area contributed by atoms with Gasteiger partial charge in [0.25, 0.3) is 0 Å². The Hall–Kier alpha value is -1.06. The van der Waals surface area contributed by atoms with Crippen LogP contribution < -0.4 is 5.32 Å². The molecule has 0 radical (unpaired) electrons. The number of hydrogen-bond acceptors (Lipinski definition) is 3. The number of hydrogen-bond donors (Lipinski definition) is 1. The molecule has 24 heavy (non-hydrogen) atoms. The smallest absolute Gasteiger partial charge is 0.396 e. The summed E-state index contributed by atoms with van der Waals surface area (Å²) < 4.78 is 4.63. The normalized spacial score (nSPS) is 10.6. The number of carbonyl (C=O) groups is 2. The van der Waals surface area contributed by atoms with Gasteiger partial charge in [0, 0.05) is 6.54 Å². The van der Waals surface area contributed by atoms with Crippen molar-refractivity contribution in [2.45, 2.75) is 104 Å². The Labute approximate surface area is 149 Å². The van der Waals surface area contributed by atoms with Crippen LogP contribution in [0.25, 0.3) is 0 Å². The van der Waals surface area contributed by atoms with E-state index in [-0.39, 0.29) is 6.61 Å². The van der Waals surface area contributed by atoms with Gasteiger partial charge in [-0.25, -0.2) is 4.79 Å². The van der Waals surface area contributed by atoms with E-state index in [1.807, 2.05) is 0 Å². The first-order valence-corrected chi connectivity index (χ1v) is 10.2. The van der Waals surface area contributed by atoms with E-state index >= 15 is 0 Å². The summed E-state index contributed by atoms with van der Waals surface area (Å²) >= 11 is 0. The molecule has 1 N–H and O–H groups in total. The highest BCUT2D eigenvalue weighted by molar-refractivity contribution is 6.32. The summed E-state index contributed by atoms with van der Waals surface area (Å²) in [4.78, 5) is 22.4. The van der Waals surface area contributed by atoms with Crippen molar-refractivity contribution in [1.29, 1.82) is 0 Å².